The lowest BCUT2D eigenvalue weighted by Crippen LogP contribution is -2.19. The van der Waals surface area contributed by atoms with Gasteiger partial charge in [0.25, 0.3) is 0 Å². The summed E-state index contributed by atoms with van der Waals surface area (Å²) in [6.45, 7) is 4.72. The van der Waals surface area contributed by atoms with E-state index in [4.69, 9.17) is 42.8 Å². The highest BCUT2D eigenvalue weighted by Crippen LogP contribution is 2.38. The minimum Gasteiger partial charge on any atom is -0.489 e. The van der Waals surface area contributed by atoms with Gasteiger partial charge < -0.3 is 19.6 Å². The second-order valence-corrected chi connectivity index (χ2v) is 8.01. The Bertz CT molecular complexity index is 1060. The van der Waals surface area contributed by atoms with Gasteiger partial charge >= 0.3 is 0 Å². The molecule has 0 atom stereocenters. The zero-order valence-electron chi connectivity index (χ0n) is 18.2. The van der Waals surface area contributed by atoms with E-state index in [1.165, 1.54) is 0 Å². The van der Waals surface area contributed by atoms with E-state index in [9.17, 15) is 5.26 Å². The van der Waals surface area contributed by atoms with Gasteiger partial charge in [0.2, 0.25) is 0 Å². The molecule has 1 heterocycles. The maximum absolute atomic E-state index is 9.54. The third-order valence-electron chi connectivity index (χ3n) is 4.85. The van der Waals surface area contributed by atoms with Crippen LogP contribution in [0.2, 0.25) is 5.02 Å². The van der Waals surface area contributed by atoms with Crippen LogP contribution in [0.4, 0.5) is 5.88 Å². The lowest BCUT2D eigenvalue weighted by molar-refractivity contribution is 0.272. The summed E-state index contributed by atoms with van der Waals surface area (Å²) in [5.74, 6) is 2.41. The van der Waals surface area contributed by atoms with Crippen molar-refractivity contribution in [3.8, 4) is 17.6 Å². The van der Waals surface area contributed by atoms with Crippen LogP contribution in [-0.4, -0.2) is 18.7 Å². The van der Waals surface area contributed by atoms with E-state index in [2.05, 4.69) is 32.5 Å². The van der Waals surface area contributed by atoms with Crippen LogP contribution in [0.5, 0.6) is 11.5 Å². The first-order valence-electron chi connectivity index (χ1n) is 9.80. The fourth-order valence-corrected chi connectivity index (χ4v) is 3.44. The van der Waals surface area contributed by atoms with Crippen molar-refractivity contribution in [1.29, 1.82) is 5.26 Å². The quantitative estimate of drug-likeness (QED) is 0.278. The van der Waals surface area contributed by atoms with Gasteiger partial charge in [0, 0.05) is 11.5 Å². The van der Waals surface area contributed by atoms with Crippen LogP contribution < -0.4 is 15.2 Å². The molecule has 0 spiro atoms. The number of hydrogen-bond donors (Lipinski definition) is 2. The van der Waals surface area contributed by atoms with Crippen LogP contribution in [0.3, 0.4) is 0 Å². The van der Waals surface area contributed by atoms with Gasteiger partial charge in [0.15, 0.2) is 11.6 Å². The van der Waals surface area contributed by atoms with Crippen LogP contribution in [0, 0.1) is 11.3 Å². The highest BCUT2D eigenvalue weighted by Gasteiger charge is 2.26. The Hall–Kier alpha value is -2.46. The number of rotatable bonds is 8. The average molecular weight is 493 g/mol. The molecule has 3 aromatic rings. The zero-order valence-corrected chi connectivity index (χ0v) is 20.6. The van der Waals surface area contributed by atoms with Crippen LogP contribution in [0.1, 0.15) is 36.3 Å². The Kier molecular flexibility index (Phi) is 9.64. The molecule has 1 aromatic heterocycles. The van der Waals surface area contributed by atoms with Gasteiger partial charge in [-0.1, -0.05) is 37.6 Å². The lowest BCUT2D eigenvalue weighted by atomic mass is 9.77. The topological polar surface area (TPSA) is 81.4 Å². The molecule has 5 nitrogen and oxygen atoms in total. The van der Waals surface area contributed by atoms with E-state index in [1.54, 1.807) is 24.5 Å². The van der Waals surface area contributed by atoms with Gasteiger partial charge in [0.1, 0.15) is 30.8 Å². The standard InChI is InChI=1S/C23H22Cl2N2O3.CH4S/c1-23(2,17-11-15(13-26)22(20(25)12-17)28-10-9-24)16-3-5-18(6-4-16)29-14-19-7-8-21(27)30-19;1-2/h3-8,11-12H,9-10,14,27H2,1-2H3;2H,1H3. The monoisotopic (exact) mass is 492 g/mol. The Morgan fingerprint density at radius 3 is 2.31 bits per heavy atom. The number of alkyl halides is 1. The van der Waals surface area contributed by atoms with Gasteiger partial charge in [-0.2, -0.15) is 17.9 Å². The predicted octanol–water partition coefficient (Wildman–Crippen LogP) is 6.46. The minimum atomic E-state index is -0.395. The number of nitrogen functional groups attached to an aromatic ring is 1. The van der Waals surface area contributed by atoms with Gasteiger partial charge in [-0.25, -0.2) is 0 Å². The average Bonchev–Trinajstić information content (AvgIpc) is 3.23. The molecular weight excluding hydrogens is 467 g/mol. The Balaban J connectivity index is 0.00000176. The summed E-state index contributed by atoms with van der Waals surface area (Å²) in [6.07, 6.45) is 1.69. The fourth-order valence-electron chi connectivity index (χ4n) is 3.09. The fraction of sp³-hybridized carbons (Fsp3) is 0.292. The molecule has 0 saturated heterocycles. The molecule has 0 unspecified atom stereocenters. The van der Waals surface area contributed by atoms with Crippen LogP contribution >= 0.6 is 35.8 Å². The van der Waals surface area contributed by atoms with Crippen molar-refractivity contribution >= 4 is 41.7 Å². The van der Waals surface area contributed by atoms with E-state index < -0.39 is 5.41 Å². The maximum atomic E-state index is 9.54. The minimum absolute atomic E-state index is 0.282. The molecule has 32 heavy (non-hydrogen) atoms. The molecule has 3 rings (SSSR count). The molecule has 0 aliphatic carbocycles. The second-order valence-electron chi connectivity index (χ2n) is 7.23. The number of nitriles is 1. The van der Waals surface area contributed by atoms with Crippen molar-refractivity contribution in [1.82, 2.24) is 0 Å². The van der Waals surface area contributed by atoms with Crippen LogP contribution in [-0.2, 0) is 12.0 Å². The summed E-state index contributed by atoms with van der Waals surface area (Å²) < 4.78 is 16.6. The molecule has 170 valence electrons. The highest BCUT2D eigenvalue weighted by atomic mass is 35.5. The first kappa shape index (κ1) is 25.8. The van der Waals surface area contributed by atoms with Crippen molar-refractivity contribution in [3.05, 3.63) is 76.0 Å². The SMILES string of the molecule is CC(C)(c1ccc(OCc2ccc(N)o2)cc1)c1cc(Cl)c(OCCCl)c(C#N)c1.CS. The van der Waals surface area contributed by atoms with Crippen molar-refractivity contribution in [2.75, 3.05) is 24.5 Å². The molecule has 0 aliphatic heterocycles. The zero-order chi connectivity index (χ0) is 23.7. The van der Waals surface area contributed by atoms with Gasteiger partial charge in [-0.3, -0.25) is 0 Å². The Labute approximate surface area is 204 Å². The molecule has 0 saturated carbocycles. The predicted molar refractivity (Wildman–Crippen MR) is 133 cm³/mol. The molecule has 0 bridgehead atoms. The number of thiol groups is 1. The van der Waals surface area contributed by atoms with Crippen molar-refractivity contribution in [3.63, 3.8) is 0 Å². The summed E-state index contributed by atoms with van der Waals surface area (Å²) in [5.41, 5.74) is 7.51. The number of ether oxygens (including phenoxy) is 2. The molecule has 8 heteroatoms. The van der Waals surface area contributed by atoms with Crippen LogP contribution in [0.15, 0.2) is 52.9 Å². The van der Waals surface area contributed by atoms with Crippen molar-refractivity contribution in [2.24, 2.45) is 0 Å². The molecular formula is C24H26Cl2N2O3S. The Morgan fingerprint density at radius 1 is 1.06 bits per heavy atom. The number of halogens is 2. The third-order valence-corrected chi connectivity index (χ3v) is 5.28. The summed E-state index contributed by atoms with van der Waals surface area (Å²) >= 11 is 15.6. The molecule has 0 aliphatic rings. The lowest BCUT2D eigenvalue weighted by Gasteiger charge is -2.27. The normalized spacial score (nSPS) is 10.7. The molecule has 2 N–H and O–H groups in total. The van der Waals surface area contributed by atoms with E-state index in [-0.39, 0.29) is 6.61 Å². The van der Waals surface area contributed by atoms with E-state index in [0.29, 0.717) is 46.2 Å². The summed E-state index contributed by atoms with van der Waals surface area (Å²) in [7, 11) is 0. The first-order chi connectivity index (χ1) is 15.3. The maximum Gasteiger partial charge on any atom is 0.190 e. The Morgan fingerprint density at radius 2 is 1.75 bits per heavy atom. The third kappa shape index (κ3) is 6.29. The number of furan rings is 1. The number of nitrogens with zero attached hydrogens (tertiary/aromatic N) is 1. The number of anilines is 1. The number of benzene rings is 2. The van der Waals surface area contributed by atoms with E-state index in [1.807, 2.05) is 30.3 Å². The van der Waals surface area contributed by atoms with Crippen LogP contribution in [0.25, 0.3) is 0 Å². The smallest absolute Gasteiger partial charge is 0.190 e. The largest absolute Gasteiger partial charge is 0.489 e. The molecule has 0 radical (unpaired) electrons. The second kappa shape index (κ2) is 12.0. The summed E-state index contributed by atoms with van der Waals surface area (Å²) in [6, 6.07) is 17.0. The molecule has 2 aromatic carbocycles. The van der Waals surface area contributed by atoms with Gasteiger partial charge in [-0.05, 0) is 47.7 Å². The van der Waals surface area contributed by atoms with Crippen molar-refractivity contribution in [2.45, 2.75) is 25.9 Å². The first-order valence-corrected chi connectivity index (χ1v) is 11.6. The molecule has 0 amide bonds. The number of nitrogens with two attached hydrogens (primary N) is 1. The van der Waals surface area contributed by atoms with Crippen molar-refractivity contribution < 1.29 is 13.9 Å². The highest BCUT2D eigenvalue weighted by molar-refractivity contribution is 7.79. The van der Waals surface area contributed by atoms with Gasteiger partial charge in [-0.15, -0.1) is 11.6 Å². The van der Waals surface area contributed by atoms with E-state index >= 15 is 0 Å². The summed E-state index contributed by atoms with van der Waals surface area (Å²) in [5, 5.41) is 9.93. The van der Waals surface area contributed by atoms with Gasteiger partial charge in [0.05, 0.1) is 16.5 Å². The van der Waals surface area contributed by atoms with E-state index in [0.717, 1.165) is 11.1 Å². The summed E-state index contributed by atoms with van der Waals surface area (Å²) in [4.78, 5) is 0. The number of hydrogen-bond acceptors (Lipinski definition) is 6. The molecule has 0 fully saturated rings.